The predicted octanol–water partition coefficient (Wildman–Crippen LogP) is 4.07. The molecule has 20 heavy (non-hydrogen) atoms. The molecule has 1 aromatic carbocycles. The fourth-order valence-corrected chi connectivity index (χ4v) is 2.29. The molecule has 0 atom stereocenters. The molecule has 0 amide bonds. The minimum Gasteiger partial charge on any atom is -0.463 e. The average molecular weight is 290 g/mol. The van der Waals surface area contributed by atoms with E-state index in [2.05, 4.69) is 5.32 Å². The predicted molar refractivity (Wildman–Crippen MR) is 79.1 cm³/mol. The monoisotopic (exact) mass is 290 g/mol. The third-order valence-corrected chi connectivity index (χ3v) is 3.50. The second kappa shape index (κ2) is 6.49. The number of nitrogens with one attached hydrogen (secondary N) is 1. The molecule has 0 bridgehead atoms. The van der Waals surface area contributed by atoms with Gasteiger partial charge in [0, 0.05) is 11.3 Å². The molecule has 0 fully saturated rings. The highest BCUT2D eigenvalue weighted by Crippen LogP contribution is 2.22. The SMILES string of the molecule is CSCc1ccc(CNc2cc(C#N)cc(F)c2C)o1. The van der Waals surface area contributed by atoms with E-state index in [0.717, 1.165) is 17.3 Å². The molecule has 0 unspecified atom stereocenters. The number of hydrogen-bond acceptors (Lipinski definition) is 4. The topological polar surface area (TPSA) is 49.0 Å². The van der Waals surface area contributed by atoms with Crippen molar-refractivity contribution in [3.63, 3.8) is 0 Å². The molecule has 2 rings (SSSR count). The molecular weight excluding hydrogens is 275 g/mol. The van der Waals surface area contributed by atoms with Gasteiger partial charge in [0.2, 0.25) is 0 Å². The summed E-state index contributed by atoms with van der Waals surface area (Å²) in [7, 11) is 0. The highest BCUT2D eigenvalue weighted by Gasteiger charge is 2.08. The lowest BCUT2D eigenvalue weighted by atomic mass is 10.1. The van der Waals surface area contributed by atoms with Crippen LogP contribution < -0.4 is 5.32 Å². The number of hydrogen-bond donors (Lipinski definition) is 1. The fourth-order valence-electron chi connectivity index (χ4n) is 1.85. The summed E-state index contributed by atoms with van der Waals surface area (Å²) in [6.45, 7) is 2.14. The van der Waals surface area contributed by atoms with Gasteiger partial charge in [0.15, 0.2) is 0 Å². The Morgan fingerprint density at radius 1 is 1.35 bits per heavy atom. The molecule has 0 aliphatic carbocycles. The first-order valence-electron chi connectivity index (χ1n) is 6.14. The number of benzene rings is 1. The van der Waals surface area contributed by atoms with Crippen LogP contribution in [0.15, 0.2) is 28.7 Å². The van der Waals surface area contributed by atoms with Crippen LogP contribution in [0.2, 0.25) is 0 Å². The zero-order valence-corrected chi connectivity index (χ0v) is 12.2. The van der Waals surface area contributed by atoms with Gasteiger partial charge >= 0.3 is 0 Å². The van der Waals surface area contributed by atoms with Crippen LogP contribution in [0.5, 0.6) is 0 Å². The maximum absolute atomic E-state index is 13.6. The van der Waals surface area contributed by atoms with Gasteiger partial charge in [0.05, 0.1) is 23.9 Å². The van der Waals surface area contributed by atoms with E-state index in [-0.39, 0.29) is 5.82 Å². The molecular formula is C15H15FN2OS. The first kappa shape index (κ1) is 14.5. The Bertz CT molecular complexity index is 646. The zero-order valence-electron chi connectivity index (χ0n) is 11.4. The van der Waals surface area contributed by atoms with Crippen molar-refractivity contribution in [3.8, 4) is 6.07 Å². The summed E-state index contributed by atoms with van der Waals surface area (Å²) in [4.78, 5) is 0. The van der Waals surface area contributed by atoms with Crippen LogP contribution in [0.1, 0.15) is 22.6 Å². The quantitative estimate of drug-likeness (QED) is 0.901. The summed E-state index contributed by atoms with van der Waals surface area (Å²) >= 11 is 1.69. The number of nitriles is 1. The van der Waals surface area contributed by atoms with Crippen LogP contribution in [-0.2, 0) is 12.3 Å². The van der Waals surface area contributed by atoms with Crippen LogP contribution >= 0.6 is 11.8 Å². The Labute approximate surface area is 121 Å². The molecule has 0 radical (unpaired) electrons. The average Bonchev–Trinajstić information content (AvgIpc) is 2.88. The molecule has 3 nitrogen and oxygen atoms in total. The lowest BCUT2D eigenvalue weighted by molar-refractivity contribution is 0.487. The Morgan fingerprint density at radius 3 is 2.80 bits per heavy atom. The van der Waals surface area contributed by atoms with Gasteiger partial charge in [0.1, 0.15) is 17.3 Å². The van der Waals surface area contributed by atoms with Crippen molar-refractivity contribution < 1.29 is 8.81 Å². The maximum atomic E-state index is 13.6. The lowest BCUT2D eigenvalue weighted by Gasteiger charge is -2.09. The molecule has 0 saturated carbocycles. The minimum absolute atomic E-state index is 0.304. The molecule has 0 aliphatic rings. The molecule has 0 saturated heterocycles. The van der Waals surface area contributed by atoms with Gasteiger partial charge in [-0.25, -0.2) is 4.39 Å². The van der Waals surface area contributed by atoms with Crippen molar-refractivity contribution in [2.75, 3.05) is 11.6 Å². The van der Waals surface area contributed by atoms with E-state index in [0.29, 0.717) is 23.4 Å². The van der Waals surface area contributed by atoms with Gasteiger partial charge in [-0.2, -0.15) is 17.0 Å². The standard InChI is InChI=1S/C15H15FN2OS/c1-10-14(16)5-11(7-17)6-15(10)18-8-12-3-4-13(19-12)9-20-2/h3-6,18H,8-9H2,1-2H3. The number of furan rings is 1. The summed E-state index contributed by atoms with van der Waals surface area (Å²) in [5, 5.41) is 12.0. The number of halogens is 1. The summed E-state index contributed by atoms with van der Waals surface area (Å²) in [5.74, 6) is 2.16. The highest BCUT2D eigenvalue weighted by atomic mass is 32.2. The maximum Gasteiger partial charge on any atom is 0.129 e. The van der Waals surface area contributed by atoms with Crippen molar-refractivity contribution in [1.29, 1.82) is 5.26 Å². The minimum atomic E-state index is -0.380. The van der Waals surface area contributed by atoms with Crippen molar-refractivity contribution in [2.45, 2.75) is 19.2 Å². The van der Waals surface area contributed by atoms with Crippen molar-refractivity contribution in [3.05, 3.63) is 52.7 Å². The van der Waals surface area contributed by atoms with Crippen LogP contribution in [0.3, 0.4) is 0 Å². The van der Waals surface area contributed by atoms with E-state index in [4.69, 9.17) is 9.68 Å². The normalized spacial score (nSPS) is 10.3. The van der Waals surface area contributed by atoms with E-state index < -0.39 is 0 Å². The van der Waals surface area contributed by atoms with Crippen LogP contribution in [-0.4, -0.2) is 6.26 Å². The summed E-state index contributed by atoms with van der Waals surface area (Å²) in [6, 6.07) is 8.67. The summed E-state index contributed by atoms with van der Waals surface area (Å²) in [5.41, 5.74) is 1.42. The van der Waals surface area contributed by atoms with Crippen molar-refractivity contribution in [1.82, 2.24) is 0 Å². The van der Waals surface area contributed by atoms with E-state index in [1.165, 1.54) is 6.07 Å². The van der Waals surface area contributed by atoms with Crippen LogP contribution in [0.25, 0.3) is 0 Å². The fraction of sp³-hybridized carbons (Fsp3) is 0.267. The summed E-state index contributed by atoms with van der Waals surface area (Å²) < 4.78 is 19.3. The number of thioether (sulfide) groups is 1. The van der Waals surface area contributed by atoms with Gasteiger partial charge in [0.25, 0.3) is 0 Å². The second-order valence-corrected chi connectivity index (χ2v) is 5.26. The lowest BCUT2D eigenvalue weighted by Crippen LogP contribution is -2.02. The Morgan fingerprint density at radius 2 is 2.10 bits per heavy atom. The Hall–Kier alpha value is -1.93. The third-order valence-electron chi connectivity index (χ3n) is 2.93. The molecule has 1 N–H and O–H groups in total. The highest BCUT2D eigenvalue weighted by molar-refractivity contribution is 7.97. The van der Waals surface area contributed by atoms with E-state index in [9.17, 15) is 4.39 Å². The Balaban J connectivity index is 2.10. The smallest absolute Gasteiger partial charge is 0.129 e. The number of rotatable bonds is 5. The molecule has 5 heteroatoms. The largest absolute Gasteiger partial charge is 0.463 e. The van der Waals surface area contributed by atoms with Gasteiger partial charge < -0.3 is 9.73 Å². The summed E-state index contributed by atoms with van der Waals surface area (Å²) in [6.07, 6.45) is 2.01. The van der Waals surface area contributed by atoms with E-state index in [1.54, 1.807) is 24.8 Å². The van der Waals surface area contributed by atoms with Crippen molar-refractivity contribution in [2.24, 2.45) is 0 Å². The van der Waals surface area contributed by atoms with Crippen molar-refractivity contribution >= 4 is 17.4 Å². The van der Waals surface area contributed by atoms with E-state index in [1.807, 2.05) is 24.5 Å². The molecule has 1 aromatic heterocycles. The van der Waals surface area contributed by atoms with Crippen LogP contribution in [0, 0.1) is 24.1 Å². The van der Waals surface area contributed by atoms with Gasteiger partial charge in [-0.05, 0) is 37.4 Å². The zero-order chi connectivity index (χ0) is 14.5. The molecule has 2 aromatic rings. The van der Waals surface area contributed by atoms with Crippen LogP contribution in [0.4, 0.5) is 10.1 Å². The van der Waals surface area contributed by atoms with E-state index >= 15 is 0 Å². The Kier molecular flexibility index (Phi) is 4.70. The number of nitrogens with zero attached hydrogens (tertiary/aromatic N) is 1. The second-order valence-electron chi connectivity index (χ2n) is 4.40. The molecule has 0 spiro atoms. The first-order chi connectivity index (χ1) is 9.63. The van der Waals surface area contributed by atoms with Gasteiger partial charge in [-0.15, -0.1) is 0 Å². The third kappa shape index (κ3) is 3.34. The van der Waals surface area contributed by atoms with Gasteiger partial charge in [-0.3, -0.25) is 0 Å². The van der Waals surface area contributed by atoms with Gasteiger partial charge in [-0.1, -0.05) is 0 Å². The number of anilines is 1. The molecule has 0 aliphatic heterocycles. The molecule has 1 heterocycles. The first-order valence-corrected chi connectivity index (χ1v) is 7.54. The molecule has 104 valence electrons.